The number of aliphatic hydroxyl groups excluding tert-OH is 1. The summed E-state index contributed by atoms with van der Waals surface area (Å²) < 4.78 is 11.3. The molecule has 1 saturated carbocycles. The number of likely N-dealkylation sites (tertiary alicyclic amines) is 1. The third-order valence-electron chi connectivity index (χ3n) is 6.10. The molecule has 2 amide bonds. The van der Waals surface area contributed by atoms with Gasteiger partial charge in [-0.05, 0) is 62.8 Å². The molecule has 1 aliphatic carbocycles. The summed E-state index contributed by atoms with van der Waals surface area (Å²) in [6.45, 7) is 1.59. The van der Waals surface area contributed by atoms with E-state index in [2.05, 4.69) is 5.32 Å². The molecular formula is C21H28N2O5. The van der Waals surface area contributed by atoms with Crippen LogP contribution in [0.2, 0.25) is 0 Å². The van der Waals surface area contributed by atoms with Crippen molar-refractivity contribution < 1.29 is 24.2 Å². The number of anilines is 1. The van der Waals surface area contributed by atoms with Crippen molar-refractivity contribution in [3.8, 4) is 0 Å². The second-order valence-corrected chi connectivity index (χ2v) is 8.16. The van der Waals surface area contributed by atoms with Crippen molar-refractivity contribution in [3.63, 3.8) is 0 Å². The number of nitrogens with one attached hydrogen (secondary N) is 1. The van der Waals surface area contributed by atoms with Crippen LogP contribution in [0.3, 0.4) is 0 Å². The number of aliphatic hydroxyl groups is 1. The van der Waals surface area contributed by atoms with E-state index < -0.39 is 0 Å². The fourth-order valence-corrected chi connectivity index (χ4v) is 4.40. The molecule has 7 nitrogen and oxygen atoms in total. The molecule has 4 rings (SSSR count). The summed E-state index contributed by atoms with van der Waals surface area (Å²) in [5, 5.41) is 12.6. The second kappa shape index (κ2) is 8.09. The van der Waals surface area contributed by atoms with Crippen LogP contribution >= 0.6 is 0 Å². The first kappa shape index (κ1) is 19.2. The van der Waals surface area contributed by atoms with E-state index in [-0.39, 0.29) is 29.8 Å². The van der Waals surface area contributed by atoms with Gasteiger partial charge >= 0.3 is 12.0 Å². The standard InChI is InChI=1S/C21H28N2O5/c24-17-13-21(27-14-17)9-11-23(12-10-21)20(26)22-16-7-5-15(6-8-16)19(25)28-18-3-1-2-4-18/h5-8,17-18,24H,1-4,9-14H2,(H,22,26)/t17-/m1/s1. The molecule has 1 aromatic rings. The normalized spacial score (nSPS) is 24.5. The van der Waals surface area contributed by atoms with Crippen LogP contribution in [0.5, 0.6) is 0 Å². The average Bonchev–Trinajstić information content (AvgIpc) is 3.33. The molecule has 0 unspecified atom stereocenters. The Bertz CT molecular complexity index is 706. The number of nitrogens with zero attached hydrogens (tertiary/aromatic N) is 1. The number of urea groups is 1. The van der Waals surface area contributed by atoms with E-state index in [1.165, 1.54) is 0 Å². The Balaban J connectivity index is 1.27. The van der Waals surface area contributed by atoms with Crippen LogP contribution in [-0.4, -0.2) is 59.5 Å². The number of hydrogen-bond donors (Lipinski definition) is 2. The van der Waals surface area contributed by atoms with Gasteiger partial charge in [0, 0.05) is 25.2 Å². The molecule has 152 valence electrons. The van der Waals surface area contributed by atoms with Crippen LogP contribution < -0.4 is 5.32 Å². The second-order valence-electron chi connectivity index (χ2n) is 8.16. The minimum Gasteiger partial charge on any atom is -0.459 e. The van der Waals surface area contributed by atoms with Crippen molar-refractivity contribution in [2.75, 3.05) is 25.0 Å². The lowest BCUT2D eigenvalue weighted by Crippen LogP contribution is -2.47. The average molecular weight is 388 g/mol. The first-order valence-corrected chi connectivity index (χ1v) is 10.2. The Labute approximate surface area is 165 Å². The lowest BCUT2D eigenvalue weighted by Gasteiger charge is -2.38. The number of carbonyl (C=O) groups is 2. The molecule has 2 aliphatic heterocycles. The summed E-state index contributed by atoms with van der Waals surface area (Å²) in [4.78, 5) is 26.5. The van der Waals surface area contributed by atoms with Crippen LogP contribution in [0.25, 0.3) is 0 Å². The highest BCUT2D eigenvalue weighted by Gasteiger charge is 2.42. The summed E-state index contributed by atoms with van der Waals surface area (Å²) >= 11 is 0. The van der Waals surface area contributed by atoms with Crippen LogP contribution in [-0.2, 0) is 9.47 Å². The molecule has 28 heavy (non-hydrogen) atoms. The van der Waals surface area contributed by atoms with Crippen molar-refractivity contribution in [3.05, 3.63) is 29.8 Å². The number of ether oxygens (including phenoxy) is 2. The van der Waals surface area contributed by atoms with Gasteiger partial charge < -0.3 is 24.8 Å². The van der Waals surface area contributed by atoms with Crippen molar-refractivity contribution in [2.24, 2.45) is 0 Å². The van der Waals surface area contributed by atoms with E-state index in [1.807, 2.05) is 0 Å². The summed E-state index contributed by atoms with van der Waals surface area (Å²) in [5.41, 5.74) is 0.884. The maximum Gasteiger partial charge on any atom is 0.338 e. The minimum atomic E-state index is -0.390. The third kappa shape index (κ3) is 4.31. The Kier molecular flexibility index (Phi) is 5.55. The number of piperidine rings is 1. The van der Waals surface area contributed by atoms with Crippen LogP contribution in [0, 0.1) is 0 Å². The van der Waals surface area contributed by atoms with Crippen LogP contribution in [0.15, 0.2) is 24.3 Å². The zero-order chi connectivity index (χ0) is 19.6. The van der Waals surface area contributed by atoms with Gasteiger partial charge in [0.1, 0.15) is 6.10 Å². The van der Waals surface area contributed by atoms with Gasteiger partial charge in [-0.25, -0.2) is 9.59 Å². The maximum atomic E-state index is 12.5. The van der Waals surface area contributed by atoms with E-state index >= 15 is 0 Å². The molecule has 3 aliphatic rings. The van der Waals surface area contributed by atoms with Crippen molar-refractivity contribution in [1.29, 1.82) is 0 Å². The highest BCUT2D eigenvalue weighted by Crippen LogP contribution is 2.36. The van der Waals surface area contributed by atoms with Gasteiger partial charge in [0.25, 0.3) is 0 Å². The highest BCUT2D eigenvalue weighted by atomic mass is 16.5. The maximum absolute atomic E-state index is 12.5. The van der Waals surface area contributed by atoms with E-state index in [1.54, 1.807) is 29.2 Å². The Morgan fingerprint density at radius 2 is 1.82 bits per heavy atom. The van der Waals surface area contributed by atoms with Crippen molar-refractivity contribution in [2.45, 2.75) is 62.8 Å². The summed E-state index contributed by atoms with van der Waals surface area (Å²) in [6, 6.07) is 6.67. The molecule has 1 aromatic carbocycles. The molecule has 0 bridgehead atoms. The van der Waals surface area contributed by atoms with Gasteiger partial charge in [-0.2, -0.15) is 0 Å². The highest BCUT2D eigenvalue weighted by molar-refractivity contribution is 5.92. The quantitative estimate of drug-likeness (QED) is 0.778. The van der Waals surface area contributed by atoms with Gasteiger partial charge in [-0.3, -0.25) is 0 Å². The number of benzene rings is 1. The van der Waals surface area contributed by atoms with Gasteiger partial charge in [0.2, 0.25) is 0 Å². The predicted molar refractivity (Wildman–Crippen MR) is 103 cm³/mol. The Hall–Kier alpha value is -2.12. The lowest BCUT2D eigenvalue weighted by atomic mass is 9.88. The lowest BCUT2D eigenvalue weighted by molar-refractivity contribution is -0.0365. The summed E-state index contributed by atoms with van der Waals surface area (Å²) in [7, 11) is 0. The van der Waals surface area contributed by atoms with Crippen LogP contribution in [0.1, 0.15) is 55.3 Å². The molecule has 3 fully saturated rings. The van der Waals surface area contributed by atoms with Crippen LogP contribution in [0.4, 0.5) is 10.5 Å². The molecule has 1 spiro atoms. The zero-order valence-electron chi connectivity index (χ0n) is 16.1. The molecule has 2 saturated heterocycles. The minimum absolute atomic E-state index is 0.0410. The third-order valence-corrected chi connectivity index (χ3v) is 6.10. The molecular weight excluding hydrogens is 360 g/mol. The van der Waals surface area contributed by atoms with E-state index in [9.17, 15) is 14.7 Å². The monoisotopic (exact) mass is 388 g/mol. The van der Waals surface area contributed by atoms with Crippen molar-refractivity contribution >= 4 is 17.7 Å². The predicted octanol–water partition coefficient (Wildman–Crippen LogP) is 2.93. The molecule has 2 heterocycles. The Morgan fingerprint density at radius 3 is 2.43 bits per heavy atom. The molecule has 7 heteroatoms. The van der Waals surface area contributed by atoms with E-state index in [4.69, 9.17) is 9.47 Å². The van der Waals surface area contributed by atoms with E-state index in [0.717, 1.165) is 38.5 Å². The van der Waals surface area contributed by atoms with Crippen molar-refractivity contribution in [1.82, 2.24) is 4.90 Å². The van der Waals surface area contributed by atoms with E-state index in [0.29, 0.717) is 37.4 Å². The number of amides is 2. The zero-order valence-corrected chi connectivity index (χ0v) is 16.1. The number of hydrogen-bond acceptors (Lipinski definition) is 5. The first-order chi connectivity index (χ1) is 13.5. The molecule has 2 N–H and O–H groups in total. The number of esters is 1. The Morgan fingerprint density at radius 1 is 1.14 bits per heavy atom. The molecule has 0 radical (unpaired) electrons. The molecule has 1 atom stereocenters. The first-order valence-electron chi connectivity index (χ1n) is 10.2. The van der Waals surface area contributed by atoms with Gasteiger partial charge in [-0.1, -0.05) is 0 Å². The largest absolute Gasteiger partial charge is 0.459 e. The smallest absolute Gasteiger partial charge is 0.338 e. The van der Waals surface area contributed by atoms with Gasteiger partial charge in [-0.15, -0.1) is 0 Å². The fourth-order valence-electron chi connectivity index (χ4n) is 4.40. The molecule has 0 aromatic heterocycles. The fraction of sp³-hybridized carbons (Fsp3) is 0.619. The number of rotatable bonds is 3. The summed E-state index contributed by atoms with van der Waals surface area (Å²) in [6.07, 6.45) is 5.91. The van der Waals surface area contributed by atoms with Gasteiger partial charge in [0.05, 0.1) is 23.9 Å². The summed E-state index contributed by atoms with van der Waals surface area (Å²) in [5.74, 6) is -0.301. The number of carbonyl (C=O) groups excluding carboxylic acids is 2. The topological polar surface area (TPSA) is 88.1 Å². The van der Waals surface area contributed by atoms with Gasteiger partial charge in [0.15, 0.2) is 0 Å². The SMILES string of the molecule is O=C(OC1CCCC1)c1ccc(NC(=O)N2CCC3(CC2)C[C@@H](O)CO3)cc1.